The molecule has 180 valence electrons. The highest BCUT2D eigenvalue weighted by molar-refractivity contribution is 5.99. The van der Waals surface area contributed by atoms with Gasteiger partial charge < -0.3 is 20.5 Å². The SMILES string of the molecule is COCC[C@H](C1C[C@H]1C(=O)NC1CC(C)(C)Oc2ccccc21)N1C(=O)CC(C)(C)N=C1N. The Morgan fingerprint density at radius 1 is 1.33 bits per heavy atom. The summed E-state index contributed by atoms with van der Waals surface area (Å²) in [6.45, 7) is 8.36. The third kappa shape index (κ3) is 5.00. The summed E-state index contributed by atoms with van der Waals surface area (Å²) >= 11 is 0. The molecule has 0 radical (unpaired) electrons. The molecule has 4 rings (SSSR count). The number of guanidine groups is 1. The number of fused-ring (bicyclic) bond motifs is 1. The van der Waals surface area contributed by atoms with E-state index in [1.165, 1.54) is 0 Å². The van der Waals surface area contributed by atoms with Crippen LogP contribution in [0.5, 0.6) is 5.75 Å². The van der Waals surface area contributed by atoms with E-state index in [1.807, 2.05) is 52.0 Å². The summed E-state index contributed by atoms with van der Waals surface area (Å²) in [4.78, 5) is 32.4. The van der Waals surface area contributed by atoms with E-state index in [-0.39, 0.29) is 47.3 Å². The van der Waals surface area contributed by atoms with Gasteiger partial charge in [0.2, 0.25) is 11.8 Å². The van der Waals surface area contributed by atoms with Gasteiger partial charge in [0.05, 0.1) is 18.0 Å². The zero-order chi connectivity index (χ0) is 24.0. The maximum absolute atomic E-state index is 13.3. The Labute approximate surface area is 195 Å². The number of para-hydroxylation sites is 1. The van der Waals surface area contributed by atoms with Crippen molar-refractivity contribution >= 4 is 17.8 Å². The van der Waals surface area contributed by atoms with Crippen LogP contribution in [0, 0.1) is 11.8 Å². The zero-order valence-corrected chi connectivity index (χ0v) is 20.3. The highest BCUT2D eigenvalue weighted by atomic mass is 16.5. The van der Waals surface area contributed by atoms with Crippen LogP contribution >= 0.6 is 0 Å². The molecule has 1 aromatic rings. The van der Waals surface area contributed by atoms with Gasteiger partial charge in [-0.15, -0.1) is 0 Å². The van der Waals surface area contributed by atoms with Crippen molar-refractivity contribution in [2.24, 2.45) is 22.6 Å². The van der Waals surface area contributed by atoms with Crippen molar-refractivity contribution in [3.05, 3.63) is 29.8 Å². The van der Waals surface area contributed by atoms with Crippen LogP contribution < -0.4 is 15.8 Å². The number of ether oxygens (including phenoxy) is 2. The fraction of sp³-hybridized carbons (Fsp3) is 0.640. The number of hydrogen-bond acceptors (Lipinski definition) is 6. The van der Waals surface area contributed by atoms with Crippen LogP contribution in [-0.4, -0.2) is 53.6 Å². The van der Waals surface area contributed by atoms with Crippen molar-refractivity contribution in [1.29, 1.82) is 0 Å². The molecule has 1 aliphatic carbocycles. The number of nitrogens with one attached hydrogen (secondary N) is 1. The van der Waals surface area contributed by atoms with Crippen LogP contribution in [0.2, 0.25) is 0 Å². The van der Waals surface area contributed by atoms with E-state index < -0.39 is 5.54 Å². The van der Waals surface area contributed by atoms with Crippen molar-refractivity contribution in [1.82, 2.24) is 10.2 Å². The molecule has 0 saturated heterocycles. The average Bonchev–Trinajstić information content (AvgIpc) is 3.49. The second kappa shape index (κ2) is 8.63. The van der Waals surface area contributed by atoms with Crippen LogP contribution in [0.3, 0.4) is 0 Å². The van der Waals surface area contributed by atoms with Crippen LogP contribution in [0.25, 0.3) is 0 Å². The summed E-state index contributed by atoms with van der Waals surface area (Å²) in [7, 11) is 1.64. The Hall–Kier alpha value is -2.61. The Balaban J connectivity index is 1.49. The molecule has 0 bridgehead atoms. The topological polar surface area (TPSA) is 106 Å². The summed E-state index contributed by atoms with van der Waals surface area (Å²) in [6, 6.07) is 7.55. The van der Waals surface area contributed by atoms with E-state index in [4.69, 9.17) is 15.2 Å². The summed E-state index contributed by atoms with van der Waals surface area (Å²) in [5, 5.41) is 3.26. The fourth-order valence-electron chi connectivity index (χ4n) is 5.27. The highest BCUT2D eigenvalue weighted by Gasteiger charge is 2.52. The van der Waals surface area contributed by atoms with E-state index >= 15 is 0 Å². The van der Waals surface area contributed by atoms with Crippen LogP contribution in [0.4, 0.5) is 0 Å². The van der Waals surface area contributed by atoms with Gasteiger partial charge in [0.25, 0.3) is 0 Å². The van der Waals surface area contributed by atoms with Gasteiger partial charge in [-0.05, 0) is 52.5 Å². The minimum atomic E-state index is -0.507. The van der Waals surface area contributed by atoms with E-state index in [1.54, 1.807) is 12.0 Å². The van der Waals surface area contributed by atoms with Gasteiger partial charge in [-0.25, -0.2) is 4.99 Å². The quantitative estimate of drug-likeness (QED) is 0.656. The molecule has 8 heteroatoms. The number of hydrogen-bond donors (Lipinski definition) is 2. The van der Waals surface area contributed by atoms with Crippen molar-refractivity contribution in [2.75, 3.05) is 13.7 Å². The maximum atomic E-state index is 13.3. The van der Waals surface area contributed by atoms with Gasteiger partial charge >= 0.3 is 0 Å². The molecule has 1 fully saturated rings. The predicted molar refractivity (Wildman–Crippen MR) is 126 cm³/mol. The van der Waals surface area contributed by atoms with Crippen molar-refractivity contribution in [2.45, 2.75) is 76.6 Å². The Kier molecular flexibility index (Phi) is 6.16. The lowest BCUT2D eigenvalue weighted by Crippen LogP contribution is -2.55. The van der Waals surface area contributed by atoms with Crippen LogP contribution in [0.1, 0.15) is 65.0 Å². The number of aliphatic imine (C=N–C) groups is 1. The first-order valence-electron chi connectivity index (χ1n) is 11.8. The standard InChI is InChI=1S/C25H36N4O4/c1-24(2)14-21(30)29(23(26)28-24)19(10-11-32-5)16-12-17(16)22(31)27-18-13-25(3,4)33-20-9-7-6-8-15(18)20/h6-9,16-19H,10-14H2,1-5H3,(H2,26,28)(H,27,31)/t16?,17-,18?,19-/m1/s1. The van der Waals surface area contributed by atoms with E-state index in [9.17, 15) is 9.59 Å². The minimum Gasteiger partial charge on any atom is -0.487 e. The average molecular weight is 457 g/mol. The molecule has 8 nitrogen and oxygen atoms in total. The monoisotopic (exact) mass is 456 g/mol. The molecular weight excluding hydrogens is 420 g/mol. The second-order valence-electron chi connectivity index (χ2n) is 10.7. The van der Waals surface area contributed by atoms with E-state index in [0.717, 1.165) is 17.7 Å². The van der Waals surface area contributed by atoms with Crippen molar-refractivity contribution in [3.63, 3.8) is 0 Å². The second-order valence-corrected chi connectivity index (χ2v) is 10.7. The van der Waals surface area contributed by atoms with Gasteiger partial charge in [0.15, 0.2) is 5.96 Å². The number of amides is 2. The van der Waals surface area contributed by atoms with Gasteiger partial charge in [-0.1, -0.05) is 18.2 Å². The van der Waals surface area contributed by atoms with Gasteiger partial charge in [-0.2, -0.15) is 0 Å². The Morgan fingerprint density at radius 3 is 2.76 bits per heavy atom. The number of methoxy groups -OCH3 is 1. The third-order valence-corrected chi connectivity index (χ3v) is 6.83. The zero-order valence-electron chi connectivity index (χ0n) is 20.3. The molecule has 2 amide bonds. The van der Waals surface area contributed by atoms with Crippen LogP contribution in [0.15, 0.2) is 29.3 Å². The first-order valence-corrected chi connectivity index (χ1v) is 11.8. The molecule has 2 aliphatic heterocycles. The first kappa shape index (κ1) is 23.5. The van der Waals surface area contributed by atoms with E-state index in [0.29, 0.717) is 25.9 Å². The number of carbonyl (C=O) groups excluding carboxylic acids is 2. The molecule has 1 saturated carbocycles. The first-order chi connectivity index (χ1) is 15.5. The van der Waals surface area contributed by atoms with Gasteiger partial charge in [0.1, 0.15) is 11.4 Å². The van der Waals surface area contributed by atoms with E-state index in [2.05, 4.69) is 10.3 Å². The number of carbonyl (C=O) groups is 2. The molecule has 2 heterocycles. The third-order valence-electron chi connectivity index (χ3n) is 6.83. The molecule has 3 N–H and O–H groups in total. The number of benzene rings is 1. The summed E-state index contributed by atoms with van der Waals surface area (Å²) < 4.78 is 11.4. The molecule has 4 atom stereocenters. The Bertz CT molecular complexity index is 957. The number of nitrogens with two attached hydrogens (primary N) is 1. The highest BCUT2D eigenvalue weighted by Crippen LogP contribution is 2.46. The molecular formula is C25H36N4O4. The minimum absolute atomic E-state index is 0.0141. The molecule has 33 heavy (non-hydrogen) atoms. The molecule has 0 aromatic heterocycles. The van der Waals surface area contributed by atoms with Gasteiger partial charge in [-0.3, -0.25) is 14.5 Å². The fourth-order valence-corrected chi connectivity index (χ4v) is 5.27. The normalized spacial score (nSPS) is 28.3. The number of nitrogens with zero attached hydrogens (tertiary/aromatic N) is 2. The smallest absolute Gasteiger partial charge is 0.231 e. The Morgan fingerprint density at radius 2 is 2.06 bits per heavy atom. The summed E-state index contributed by atoms with van der Waals surface area (Å²) in [6.07, 6.45) is 2.32. The van der Waals surface area contributed by atoms with Crippen LogP contribution in [-0.2, 0) is 14.3 Å². The maximum Gasteiger partial charge on any atom is 0.231 e. The van der Waals surface area contributed by atoms with Crippen molar-refractivity contribution in [3.8, 4) is 5.75 Å². The lowest BCUT2D eigenvalue weighted by molar-refractivity contribution is -0.132. The summed E-state index contributed by atoms with van der Waals surface area (Å²) in [5.41, 5.74) is 6.37. The molecule has 1 aromatic carbocycles. The lowest BCUT2D eigenvalue weighted by atomic mass is 9.89. The van der Waals surface area contributed by atoms with Gasteiger partial charge in [0, 0.05) is 37.7 Å². The predicted octanol–water partition coefficient (Wildman–Crippen LogP) is 2.77. The van der Waals surface area contributed by atoms with Crippen molar-refractivity contribution < 1.29 is 19.1 Å². The largest absolute Gasteiger partial charge is 0.487 e. The number of rotatable bonds is 7. The lowest BCUT2D eigenvalue weighted by Gasteiger charge is -2.38. The summed E-state index contributed by atoms with van der Waals surface area (Å²) in [5.74, 6) is 0.890. The molecule has 0 spiro atoms. The molecule has 2 unspecified atom stereocenters. The molecule has 3 aliphatic rings.